The third-order valence-electron chi connectivity index (χ3n) is 4.13. The van der Waals surface area contributed by atoms with E-state index < -0.39 is 11.9 Å². The molecular formula is C17H21ClN2O4. The number of carbonyl (C=O) groups excluding carboxylic acids is 2. The van der Waals surface area contributed by atoms with Gasteiger partial charge in [-0.05, 0) is 43.5 Å². The summed E-state index contributed by atoms with van der Waals surface area (Å²) in [6, 6.07) is 5.04. The molecule has 0 saturated carbocycles. The van der Waals surface area contributed by atoms with E-state index in [4.69, 9.17) is 16.7 Å². The van der Waals surface area contributed by atoms with Gasteiger partial charge in [0.25, 0.3) is 5.91 Å². The first-order chi connectivity index (χ1) is 11.3. The quantitative estimate of drug-likeness (QED) is 0.899. The van der Waals surface area contributed by atoms with E-state index in [2.05, 4.69) is 0 Å². The van der Waals surface area contributed by atoms with Gasteiger partial charge < -0.3 is 14.9 Å². The van der Waals surface area contributed by atoms with E-state index >= 15 is 0 Å². The van der Waals surface area contributed by atoms with Gasteiger partial charge in [0.05, 0.1) is 12.5 Å². The molecule has 1 aromatic carbocycles. The summed E-state index contributed by atoms with van der Waals surface area (Å²) in [6.45, 7) is 2.48. The molecule has 7 heteroatoms. The van der Waals surface area contributed by atoms with E-state index in [1.807, 2.05) is 6.92 Å². The summed E-state index contributed by atoms with van der Waals surface area (Å²) in [5, 5.41) is 9.56. The maximum absolute atomic E-state index is 12.4. The lowest BCUT2D eigenvalue weighted by Gasteiger charge is -2.32. The van der Waals surface area contributed by atoms with Gasteiger partial charge in [0, 0.05) is 30.7 Å². The molecule has 1 N–H and O–H groups in total. The Morgan fingerprint density at radius 2 is 2.04 bits per heavy atom. The fourth-order valence-corrected chi connectivity index (χ4v) is 3.15. The maximum atomic E-state index is 12.4. The van der Waals surface area contributed by atoms with Crippen LogP contribution in [0.3, 0.4) is 0 Å². The van der Waals surface area contributed by atoms with E-state index in [9.17, 15) is 14.4 Å². The van der Waals surface area contributed by atoms with Gasteiger partial charge in [-0.15, -0.1) is 0 Å². The Labute approximate surface area is 146 Å². The largest absolute Gasteiger partial charge is 0.481 e. The molecule has 1 aliphatic heterocycles. The highest BCUT2D eigenvalue weighted by Crippen LogP contribution is 2.18. The molecule has 1 aromatic rings. The summed E-state index contributed by atoms with van der Waals surface area (Å²) in [7, 11) is 1.55. The zero-order valence-electron chi connectivity index (χ0n) is 13.8. The zero-order chi connectivity index (χ0) is 17.9. The number of hydrogen-bond donors (Lipinski definition) is 1. The molecule has 1 unspecified atom stereocenters. The molecule has 1 fully saturated rings. The van der Waals surface area contributed by atoms with E-state index in [1.54, 1.807) is 25.2 Å². The predicted octanol–water partition coefficient (Wildman–Crippen LogP) is 2.04. The molecule has 1 saturated heterocycles. The molecule has 1 heterocycles. The highest BCUT2D eigenvalue weighted by molar-refractivity contribution is 6.31. The van der Waals surface area contributed by atoms with Crippen molar-refractivity contribution in [3.8, 4) is 0 Å². The summed E-state index contributed by atoms with van der Waals surface area (Å²) in [6.07, 6.45) is 1.24. The topological polar surface area (TPSA) is 77.9 Å². The number of rotatable bonds is 4. The first-order valence-corrected chi connectivity index (χ1v) is 8.19. The summed E-state index contributed by atoms with van der Waals surface area (Å²) < 4.78 is 0. The normalized spacial score (nSPS) is 17.5. The van der Waals surface area contributed by atoms with Crippen LogP contribution < -0.4 is 0 Å². The number of amides is 2. The van der Waals surface area contributed by atoms with Crippen molar-refractivity contribution in [2.75, 3.05) is 26.7 Å². The van der Waals surface area contributed by atoms with Crippen molar-refractivity contribution in [3.63, 3.8) is 0 Å². The average Bonchev–Trinajstić information content (AvgIpc) is 2.53. The number of nitrogens with zero attached hydrogens (tertiary/aromatic N) is 2. The van der Waals surface area contributed by atoms with Gasteiger partial charge in [-0.2, -0.15) is 0 Å². The molecular weight excluding hydrogens is 332 g/mol. The minimum atomic E-state index is -0.883. The second-order valence-corrected chi connectivity index (χ2v) is 6.63. The van der Waals surface area contributed by atoms with Gasteiger partial charge in [0.1, 0.15) is 0 Å². The van der Waals surface area contributed by atoms with Crippen LogP contribution in [0.5, 0.6) is 0 Å². The first kappa shape index (κ1) is 18.3. The Morgan fingerprint density at radius 1 is 1.33 bits per heavy atom. The molecule has 6 nitrogen and oxygen atoms in total. The molecule has 0 aromatic heterocycles. The molecule has 24 heavy (non-hydrogen) atoms. The predicted molar refractivity (Wildman–Crippen MR) is 90.1 cm³/mol. The van der Waals surface area contributed by atoms with E-state index in [-0.39, 0.29) is 24.9 Å². The summed E-state index contributed by atoms with van der Waals surface area (Å²) in [5.74, 6) is -1.94. The number of aryl methyl sites for hydroxylation is 1. The molecule has 0 bridgehead atoms. The van der Waals surface area contributed by atoms with Crippen molar-refractivity contribution in [3.05, 3.63) is 34.3 Å². The fraction of sp³-hybridized carbons (Fsp3) is 0.471. The van der Waals surface area contributed by atoms with Crippen LogP contribution in [0.1, 0.15) is 28.8 Å². The van der Waals surface area contributed by atoms with Crippen LogP contribution in [0, 0.1) is 12.8 Å². The number of benzene rings is 1. The number of carboxylic acid groups (broad SMARTS) is 1. The first-order valence-electron chi connectivity index (χ1n) is 7.81. The summed E-state index contributed by atoms with van der Waals surface area (Å²) in [5.41, 5.74) is 1.29. The number of piperidine rings is 1. The lowest BCUT2D eigenvalue weighted by Crippen LogP contribution is -2.46. The Morgan fingerprint density at radius 3 is 2.67 bits per heavy atom. The standard InChI is InChI=1S/C17H21ClN2O4/c1-11-6-13(8-14(18)7-11)16(22)19(2)10-15(21)20-5-3-4-12(9-20)17(23)24/h6-8,12H,3-5,9-10H2,1-2H3,(H,23,24). The monoisotopic (exact) mass is 352 g/mol. The van der Waals surface area contributed by atoms with Crippen LogP contribution in [-0.2, 0) is 9.59 Å². The molecule has 1 aliphatic rings. The molecule has 0 aliphatic carbocycles. The van der Waals surface area contributed by atoms with Gasteiger partial charge in [0.15, 0.2) is 0 Å². The Bertz CT molecular complexity index is 642. The van der Waals surface area contributed by atoms with Crippen LogP contribution in [0.15, 0.2) is 18.2 Å². The highest BCUT2D eigenvalue weighted by Gasteiger charge is 2.29. The van der Waals surface area contributed by atoms with Crippen molar-refractivity contribution >= 4 is 29.4 Å². The zero-order valence-corrected chi connectivity index (χ0v) is 14.5. The Hall–Kier alpha value is -2.08. The number of aliphatic carboxylic acids is 1. The number of likely N-dealkylation sites (N-methyl/N-ethyl adjacent to an activating group) is 1. The average molecular weight is 353 g/mol. The SMILES string of the molecule is Cc1cc(Cl)cc(C(=O)N(C)CC(=O)N2CCCC(C(=O)O)C2)c1. The number of carboxylic acids is 1. The van der Waals surface area contributed by atoms with Gasteiger partial charge in [-0.1, -0.05) is 11.6 Å². The fourth-order valence-electron chi connectivity index (χ4n) is 2.86. The minimum Gasteiger partial charge on any atom is -0.481 e. The third-order valence-corrected chi connectivity index (χ3v) is 4.35. The third kappa shape index (κ3) is 4.47. The second kappa shape index (κ2) is 7.66. The Balaban J connectivity index is 2.00. The van der Waals surface area contributed by atoms with Crippen molar-refractivity contribution in [1.82, 2.24) is 9.80 Å². The van der Waals surface area contributed by atoms with E-state index in [1.165, 1.54) is 9.80 Å². The number of likely N-dealkylation sites (tertiary alicyclic amines) is 1. The van der Waals surface area contributed by atoms with Gasteiger partial charge in [-0.3, -0.25) is 14.4 Å². The lowest BCUT2D eigenvalue weighted by atomic mass is 9.98. The molecule has 2 amide bonds. The summed E-state index contributed by atoms with van der Waals surface area (Å²) in [4.78, 5) is 38.7. The number of halogens is 1. The van der Waals surface area contributed by atoms with Crippen molar-refractivity contribution < 1.29 is 19.5 Å². The van der Waals surface area contributed by atoms with Gasteiger partial charge >= 0.3 is 5.97 Å². The minimum absolute atomic E-state index is 0.0866. The highest BCUT2D eigenvalue weighted by atomic mass is 35.5. The smallest absolute Gasteiger partial charge is 0.308 e. The van der Waals surface area contributed by atoms with Crippen molar-refractivity contribution in [1.29, 1.82) is 0 Å². The maximum Gasteiger partial charge on any atom is 0.308 e. The lowest BCUT2D eigenvalue weighted by molar-refractivity contribution is -0.145. The van der Waals surface area contributed by atoms with Crippen LogP contribution >= 0.6 is 11.6 Å². The van der Waals surface area contributed by atoms with Crippen LogP contribution in [0.25, 0.3) is 0 Å². The molecule has 2 rings (SSSR count). The Kier molecular flexibility index (Phi) is 5.83. The molecule has 0 radical (unpaired) electrons. The summed E-state index contributed by atoms with van der Waals surface area (Å²) >= 11 is 5.97. The number of carbonyl (C=O) groups is 3. The molecule has 0 spiro atoms. The van der Waals surface area contributed by atoms with Crippen molar-refractivity contribution in [2.45, 2.75) is 19.8 Å². The van der Waals surface area contributed by atoms with Crippen LogP contribution in [0.2, 0.25) is 5.02 Å². The van der Waals surface area contributed by atoms with Crippen LogP contribution in [0.4, 0.5) is 0 Å². The van der Waals surface area contributed by atoms with Gasteiger partial charge in [-0.25, -0.2) is 0 Å². The second-order valence-electron chi connectivity index (χ2n) is 6.20. The van der Waals surface area contributed by atoms with E-state index in [0.717, 1.165) is 5.56 Å². The van der Waals surface area contributed by atoms with E-state index in [0.29, 0.717) is 30.0 Å². The molecule has 1 atom stereocenters. The molecule has 130 valence electrons. The van der Waals surface area contributed by atoms with Crippen LogP contribution in [-0.4, -0.2) is 59.4 Å². The van der Waals surface area contributed by atoms with Gasteiger partial charge in [0.2, 0.25) is 5.91 Å². The van der Waals surface area contributed by atoms with Crippen molar-refractivity contribution in [2.24, 2.45) is 5.92 Å². The number of hydrogen-bond acceptors (Lipinski definition) is 3.